The number of benzene rings is 2. The molecule has 1 saturated heterocycles. The Morgan fingerprint density at radius 2 is 1.77 bits per heavy atom. The van der Waals surface area contributed by atoms with Gasteiger partial charge in [-0.1, -0.05) is 0 Å². The predicted octanol–water partition coefficient (Wildman–Crippen LogP) is 4.31. The quantitative estimate of drug-likeness (QED) is 0.476. The van der Waals surface area contributed by atoms with E-state index in [-0.39, 0.29) is 11.3 Å². The van der Waals surface area contributed by atoms with Crippen LogP contribution < -0.4 is 20.1 Å². The first-order valence-corrected chi connectivity index (χ1v) is 10.2. The largest absolute Gasteiger partial charge is 0.497 e. The second kappa shape index (κ2) is 10.0. The predicted molar refractivity (Wildman–Crippen MR) is 113 cm³/mol. The van der Waals surface area contributed by atoms with Gasteiger partial charge >= 0.3 is 12.4 Å². The highest BCUT2D eigenvalue weighted by Crippen LogP contribution is 2.44. The van der Waals surface area contributed by atoms with Crippen molar-refractivity contribution in [3.05, 3.63) is 47.0 Å². The molecule has 35 heavy (non-hydrogen) atoms. The minimum atomic E-state index is -4.65. The third-order valence-electron chi connectivity index (χ3n) is 5.37. The number of nitrogens with one attached hydrogen (secondary N) is 2. The van der Waals surface area contributed by atoms with Gasteiger partial charge in [-0.15, -0.1) is 0 Å². The molecule has 4 rings (SSSR count). The van der Waals surface area contributed by atoms with Crippen LogP contribution >= 0.6 is 0 Å². The van der Waals surface area contributed by atoms with E-state index in [4.69, 9.17) is 14.3 Å². The molecule has 2 aromatic rings. The van der Waals surface area contributed by atoms with Gasteiger partial charge in [-0.05, 0) is 29.8 Å². The molecule has 0 aliphatic carbocycles. The zero-order valence-electron chi connectivity index (χ0n) is 18.5. The second-order valence-electron chi connectivity index (χ2n) is 7.55. The second-order valence-corrected chi connectivity index (χ2v) is 7.55. The third kappa shape index (κ3) is 5.78. The maximum Gasteiger partial charge on any atom is 0.446 e. The summed E-state index contributed by atoms with van der Waals surface area (Å²) in [5, 5.41) is 6.14. The zero-order valence-corrected chi connectivity index (χ0v) is 18.5. The van der Waals surface area contributed by atoms with Gasteiger partial charge in [0.2, 0.25) is 6.29 Å². The van der Waals surface area contributed by atoms with Crippen LogP contribution in [-0.2, 0) is 11.0 Å². The van der Waals surface area contributed by atoms with Gasteiger partial charge in [0.1, 0.15) is 11.5 Å². The maximum absolute atomic E-state index is 13.8. The molecule has 1 atom stereocenters. The molecule has 2 N–H and O–H groups in total. The van der Waals surface area contributed by atoms with E-state index in [1.54, 1.807) is 24.3 Å². The van der Waals surface area contributed by atoms with Crippen molar-refractivity contribution in [1.29, 1.82) is 0 Å². The normalized spacial score (nSPS) is 17.1. The zero-order chi connectivity index (χ0) is 26.0. The van der Waals surface area contributed by atoms with Gasteiger partial charge in [-0.3, -0.25) is 9.59 Å². The lowest BCUT2D eigenvalue weighted by atomic mass is 9.97. The van der Waals surface area contributed by atoms with Gasteiger partial charge in [0.25, 0.3) is 5.91 Å². The highest BCUT2D eigenvalue weighted by molar-refractivity contribution is 6.01. The number of fused-ring (bicyclic) bond motifs is 3. The first-order chi connectivity index (χ1) is 16.4. The molecule has 13 heteroatoms. The summed E-state index contributed by atoms with van der Waals surface area (Å²) in [6.07, 6.45) is -10.4. The van der Waals surface area contributed by atoms with Gasteiger partial charge < -0.3 is 25.0 Å². The lowest BCUT2D eigenvalue weighted by Gasteiger charge is -2.30. The fourth-order valence-corrected chi connectivity index (χ4v) is 3.89. The number of anilines is 2. The molecular weight excluding hydrogens is 484 g/mol. The summed E-state index contributed by atoms with van der Waals surface area (Å²) in [6.45, 7) is 1.36. The molecule has 0 bridgehead atoms. The van der Waals surface area contributed by atoms with Crippen LogP contribution in [0, 0.1) is 0 Å². The number of rotatable bonds is 4. The van der Waals surface area contributed by atoms with Crippen LogP contribution in [0.2, 0.25) is 0 Å². The monoisotopic (exact) mass is 505 g/mol. The van der Waals surface area contributed by atoms with Crippen LogP contribution in [0.3, 0.4) is 0 Å². The van der Waals surface area contributed by atoms with Crippen molar-refractivity contribution in [2.75, 3.05) is 39.2 Å². The van der Waals surface area contributed by atoms with E-state index in [9.17, 15) is 31.1 Å². The smallest absolute Gasteiger partial charge is 0.446 e. The highest BCUT2D eigenvalue weighted by Gasteiger charge is 2.45. The Morgan fingerprint density at radius 3 is 2.34 bits per heavy atom. The van der Waals surface area contributed by atoms with Crippen LogP contribution in [0.25, 0.3) is 0 Å². The average molecular weight is 505 g/mol. The Bertz CT molecular complexity index is 1100. The summed E-state index contributed by atoms with van der Waals surface area (Å²) in [7, 11) is 2.98. The summed E-state index contributed by atoms with van der Waals surface area (Å²) in [6, 6.07) is 7.16. The number of ether oxygens (including phenoxy) is 2. The number of amides is 1. The summed E-state index contributed by atoms with van der Waals surface area (Å²) >= 11 is 0. The van der Waals surface area contributed by atoms with Crippen molar-refractivity contribution >= 4 is 23.6 Å². The maximum atomic E-state index is 13.8. The van der Waals surface area contributed by atoms with E-state index >= 15 is 0 Å². The van der Waals surface area contributed by atoms with E-state index in [1.165, 1.54) is 19.1 Å². The Kier molecular flexibility index (Phi) is 7.48. The number of piperazine rings is 1. The van der Waals surface area contributed by atoms with Gasteiger partial charge in [-0.25, -0.2) is 0 Å². The number of methoxy groups -OCH3 is 2. The number of carbonyl (C=O) groups excluding carboxylic acids is 2. The Balaban J connectivity index is 0.000000509. The first kappa shape index (κ1) is 26.1. The topological polar surface area (TPSA) is 79.9 Å². The Hall–Kier alpha value is -3.48. The molecule has 0 spiro atoms. The molecule has 0 aromatic heterocycles. The molecule has 2 aliphatic heterocycles. The van der Waals surface area contributed by atoms with Crippen molar-refractivity contribution < 1.29 is 45.4 Å². The average Bonchev–Trinajstić information content (AvgIpc) is 3.10. The van der Waals surface area contributed by atoms with E-state index in [0.717, 1.165) is 6.07 Å². The van der Waals surface area contributed by atoms with Crippen molar-refractivity contribution in [3.8, 4) is 11.5 Å². The SMILES string of the molecule is COc1ccc(Nc2cc3c(c(C(F)(F)F)c2)C(=O)N2CCNC[C@@H]32)c(OC)c1.O=CC(F)(F)F. The van der Waals surface area contributed by atoms with Crippen LogP contribution in [0.1, 0.15) is 27.5 Å². The fraction of sp³-hybridized carbons (Fsp3) is 0.364. The van der Waals surface area contributed by atoms with Crippen LogP contribution in [0.5, 0.6) is 11.5 Å². The van der Waals surface area contributed by atoms with Gasteiger partial charge in [0.05, 0.1) is 37.1 Å². The molecule has 2 aliphatic rings. The van der Waals surface area contributed by atoms with Gasteiger partial charge in [0.15, 0.2) is 0 Å². The number of aldehydes is 1. The molecule has 2 aromatic carbocycles. The minimum absolute atomic E-state index is 0.236. The van der Waals surface area contributed by atoms with Gasteiger partial charge in [0, 0.05) is 31.4 Å². The number of hydrogen-bond acceptors (Lipinski definition) is 6. The van der Waals surface area contributed by atoms with Crippen molar-refractivity contribution in [3.63, 3.8) is 0 Å². The summed E-state index contributed by atoms with van der Waals surface area (Å²) < 4.78 is 83.1. The number of nitrogens with zero attached hydrogens (tertiary/aromatic N) is 1. The molecule has 1 fully saturated rings. The lowest BCUT2D eigenvalue weighted by Crippen LogP contribution is -2.44. The van der Waals surface area contributed by atoms with E-state index < -0.39 is 36.2 Å². The molecule has 0 radical (unpaired) electrons. The molecule has 0 unspecified atom stereocenters. The summed E-state index contributed by atoms with van der Waals surface area (Å²) in [4.78, 5) is 22.9. The number of halogens is 6. The Labute approximate surface area is 196 Å². The van der Waals surface area contributed by atoms with Crippen molar-refractivity contribution in [2.24, 2.45) is 0 Å². The van der Waals surface area contributed by atoms with Crippen molar-refractivity contribution in [1.82, 2.24) is 10.2 Å². The first-order valence-electron chi connectivity index (χ1n) is 10.2. The van der Waals surface area contributed by atoms with E-state index in [0.29, 0.717) is 42.4 Å². The highest BCUT2D eigenvalue weighted by atomic mass is 19.4. The Morgan fingerprint density at radius 1 is 1.09 bits per heavy atom. The molecule has 2 heterocycles. The van der Waals surface area contributed by atoms with Crippen LogP contribution in [-0.4, -0.2) is 57.1 Å². The molecule has 190 valence electrons. The minimum Gasteiger partial charge on any atom is -0.497 e. The standard InChI is InChI=1S/C20H20F3N3O3.C2HF3O/c1-28-12-3-4-15(17(9-12)29-2)25-11-7-13-16-10-24-5-6-26(16)19(27)18(13)14(8-11)20(21,22)23;3-2(4,5)1-6/h3-4,7-9,16,24-25H,5-6,10H2,1-2H3;1H/t16-;/m0./s1. The number of alkyl halides is 6. The third-order valence-corrected chi connectivity index (χ3v) is 5.37. The van der Waals surface area contributed by atoms with Crippen molar-refractivity contribution in [2.45, 2.75) is 18.4 Å². The molecule has 0 saturated carbocycles. The summed E-state index contributed by atoms with van der Waals surface area (Å²) in [5.74, 6) is 0.426. The number of carbonyl (C=O) groups is 2. The molecular formula is C22H21F6N3O4. The van der Waals surface area contributed by atoms with Crippen LogP contribution in [0.4, 0.5) is 37.7 Å². The van der Waals surface area contributed by atoms with Gasteiger partial charge in [-0.2, -0.15) is 26.3 Å². The van der Waals surface area contributed by atoms with E-state index in [2.05, 4.69) is 10.6 Å². The van der Waals surface area contributed by atoms with Crippen LogP contribution in [0.15, 0.2) is 30.3 Å². The molecule has 1 amide bonds. The summed E-state index contributed by atoms with van der Waals surface area (Å²) in [5.41, 5.74) is -0.0704. The van der Waals surface area contributed by atoms with E-state index in [1.807, 2.05) is 0 Å². The lowest BCUT2D eigenvalue weighted by molar-refractivity contribution is -0.156. The molecule has 7 nitrogen and oxygen atoms in total. The number of hydrogen-bond donors (Lipinski definition) is 2. The fourth-order valence-electron chi connectivity index (χ4n) is 3.89.